The highest BCUT2D eigenvalue weighted by Gasteiger charge is 2.35. The number of aromatic nitrogens is 6. The molecule has 0 fully saturated rings. The Bertz CT molecular complexity index is 1730. The Labute approximate surface area is 230 Å². The SMILES string of the molecule is COc1cccc(OC)c1-n1c(NS(=O)(=O)C(C)C(OC)c2ncc(C)cn2)nnc1-c1noc2ccccc12. The van der Waals surface area contributed by atoms with E-state index in [0.29, 0.717) is 33.8 Å². The van der Waals surface area contributed by atoms with Crippen molar-refractivity contribution in [2.24, 2.45) is 0 Å². The predicted molar refractivity (Wildman–Crippen MR) is 146 cm³/mol. The van der Waals surface area contributed by atoms with Crippen LogP contribution in [0.2, 0.25) is 0 Å². The van der Waals surface area contributed by atoms with E-state index in [1.54, 1.807) is 36.7 Å². The highest BCUT2D eigenvalue weighted by molar-refractivity contribution is 7.93. The van der Waals surface area contributed by atoms with Crippen LogP contribution < -0.4 is 14.2 Å². The Kier molecular flexibility index (Phi) is 7.36. The quantitative estimate of drug-likeness (QED) is 0.263. The molecule has 0 aliphatic rings. The Hall–Kier alpha value is -4.56. The molecule has 13 nitrogen and oxygen atoms in total. The van der Waals surface area contributed by atoms with Gasteiger partial charge in [-0.3, -0.25) is 9.29 Å². The van der Waals surface area contributed by atoms with Crippen LogP contribution in [-0.2, 0) is 14.8 Å². The second kappa shape index (κ2) is 10.9. The molecule has 0 radical (unpaired) electrons. The van der Waals surface area contributed by atoms with Gasteiger partial charge in [-0.25, -0.2) is 18.4 Å². The number of anilines is 1. The zero-order chi connectivity index (χ0) is 28.4. The van der Waals surface area contributed by atoms with Crippen LogP contribution in [0.15, 0.2) is 59.4 Å². The number of para-hydroxylation sites is 2. The summed E-state index contributed by atoms with van der Waals surface area (Å²) in [5.41, 5.74) is 2.06. The van der Waals surface area contributed by atoms with Crippen molar-refractivity contribution >= 4 is 26.9 Å². The second-order valence-electron chi connectivity index (χ2n) is 8.85. The van der Waals surface area contributed by atoms with Gasteiger partial charge in [-0.05, 0) is 43.7 Å². The molecule has 1 N–H and O–H groups in total. The number of nitrogens with one attached hydrogen (secondary N) is 1. The van der Waals surface area contributed by atoms with Gasteiger partial charge in [0, 0.05) is 19.5 Å². The maximum absolute atomic E-state index is 13.7. The lowest BCUT2D eigenvalue weighted by molar-refractivity contribution is 0.0949. The monoisotopic (exact) mass is 565 g/mol. The summed E-state index contributed by atoms with van der Waals surface area (Å²) in [6.45, 7) is 3.33. The normalized spacial score (nSPS) is 13.2. The van der Waals surface area contributed by atoms with Crippen molar-refractivity contribution in [2.45, 2.75) is 25.2 Å². The first kappa shape index (κ1) is 27.0. The van der Waals surface area contributed by atoms with Crippen LogP contribution >= 0.6 is 0 Å². The van der Waals surface area contributed by atoms with Gasteiger partial charge in [0.05, 0.1) is 19.6 Å². The van der Waals surface area contributed by atoms with Gasteiger partial charge in [0.15, 0.2) is 22.9 Å². The molecule has 40 heavy (non-hydrogen) atoms. The molecule has 0 aliphatic carbocycles. The van der Waals surface area contributed by atoms with Gasteiger partial charge < -0.3 is 18.7 Å². The number of aryl methyl sites for hydroxylation is 1. The minimum absolute atomic E-state index is 0.128. The molecule has 0 aliphatic heterocycles. The van der Waals surface area contributed by atoms with Crippen molar-refractivity contribution in [3.05, 3.63) is 66.2 Å². The molecular weight excluding hydrogens is 538 g/mol. The van der Waals surface area contributed by atoms with Crippen LogP contribution in [-0.4, -0.2) is 64.9 Å². The van der Waals surface area contributed by atoms with Crippen molar-refractivity contribution < 1.29 is 27.2 Å². The number of hydrogen-bond acceptors (Lipinski definition) is 11. The lowest BCUT2D eigenvalue weighted by Gasteiger charge is -2.22. The molecule has 2 unspecified atom stereocenters. The summed E-state index contributed by atoms with van der Waals surface area (Å²) >= 11 is 0. The molecule has 14 heteroatoms. The Morgan fingerprint density at radius 1 is 0.950 bits per heavy atom. The first-order chi connectivity index (χ1) is 19.3. The molecule has 0 saturated heterocycles. The largest absolute Gasteiger partial charge is 0.494 e. The third-order valence-corrected chi connectivity index (χ3v) is 8.03. The lowest BCUT2D eigenvalue weighted by atomic mass is 10.2. The molecule has 3 heterocycles. The molecule has 0 bridgehead atoms. The minimum Gasteiger partial charge on any atom is -0.494 e. The van der Waals surface area contributed by atoms with Gasteiger partial charge in [0.2, 0.25) is 16.0 Å². The highest BCUT2D eigenvalue weighted by Crippen LogP contribution is 2.39. The van der Waals surface area contributed by atoms with Crippen molar-refractivity contribution in [3.63, 3.8) is 0 Å². The van der Waals surface area contributed by atoms with Gasteiger partial charge >= 0.3 is 0 Å². The summed E-state index contributed by atoms with van der Waals surface area (Å²) in [6, 6.07) is 12.4. The standard InChI is InChI=1S/C26H27N7O6S/c1-15-13-27-24(28-14-15)23(38-5)16(2)40(34,35)32-26-30-29-25(21-17-9-6-7-10-18(17)39-31-21)33(26)22-19(36-3)11-8-12-20(22)37-4/h6-14,16,23H,1-5H3,(H,30,32). The van der Waals surface area contributed by atoms with Crippen LogP contribution in [0, 0.1) is 6.92 Å². The number of sulfonamides is 1. The lowest BCUT2D eigenvalue weighted by Crippen LogP contribution is -2.33. The summed E-state index contributed by atoms with van der Waals surface area (Å²) in [7, 11) is 0.225. The van der Waals surface area contributed by atoms with E-state index in [-0.39, 0.29) is 17.6 Å². The molecule has 5 aromatic rings. The highest BCUT2D eigenvalue weighted by atomic mass is 32.2. The minimum atomic E-state index is -4.15. The zero-order valence-electron chi connectivity index (χ0n) is 22.4. The zero-order valence-corrected chi connectivity index (χ0v) is 23.2. The van der Waals surface area contributed by atoms with E-state index in [0.717, 1.165) is 5.56 Å². The Balaban J connectivity index is 1.65. The van der Waals surface area contributed by atoms with Gasteiger partial charge in [0.1, 0.15) is 28.5 Å². The first-order valence-electron chi connectivity index (χ1n) is 12.1. The number of ether oxygens (including phenoxy) is 3. The van der Waals surface area contributed by atoms with Crippen LogP contribution in [0.1, 0.15) is 24.4 Å². The van der Waals surface area contributed by atoms with E-state index in [1.165, 1.54) is 32.8 Å². The summed E-state index contributed by atoms with van der Waals surface area (Å²) < 4.78 is 53.7. The topological polar surface area (TPSA) is 156 Å². The van der Waals surface area contributed by atoms with Gasteiger partial charge in [-0.15, -0.1) is 10.2 Å². The summed E-state index contributed by atoms with van der Waals surface area (Å²) in [4.78, 5) is 8.51. The summed E-state index contributed by atoms with van der Waals surface area (Å²) in [5.74, 6) is 1.06. The van der Waals surface area contributed by atoms with Crippen molar-refractivity contribution in [1.29, 1.82) is 0 Å². The van der Waals surface area contributed by atoms with E-state index < -0.39 is 21.4 Å². The van der Waals surface area contributed by atoms with Gasteiger partial charge in [-0.1, -0.05) is 23.4 Å². The fourth-order valence-corrected chi connectivity index (χ4v) is 5.38. The van der Waals surface area contributed by atoms with Gasteiger partial charge in [-0.2, -0.15) is 0 Å². The maximum atomic E-state index is 13.7. The van der Waals surface area contributed by atoms with Crippen molar-refractivity contribution in [1.82, 2.24) is 29.9 Å². The molecule has 2 aromatic carbocycles. The molecule has 208 valence electrons. The maximum Gasteiger partial charge on any atom is 0.243 e. The average molecular weight is 566 g/mol. The van der Waals surface area contributed by atoms with Crippen LogP contribution in [0.3, 0.4) is 0 Å². The van der Waals surface area contributed by atoms with Crippen molar-refractivity contribution in [3.8, 4) is 28.7 Å². The molecule has 2 atom stereocenters. The fourth-order valence-electron chi connectivity index (χ4n) is 4.25. The fraction of sp³-hybridized carbons (Fsp3) is 0.269. The number of hydrogen-bond donors (Lipinski definition) is 1. The first-order valence-corrected chi connectivity index (χ1v) is 13.7. The molecule has 0 spiro atoms. The van der Waals surface area contributed by atoms with Crippen molar-refractivity contribution in [2.75, 3.05) is 26.1 Å². The number of nitrogens with zero attached hydrogens (tertiary/aromatic N) is 6. The molecule has 3 aromatic heterocycles. The van der Waals surface area contributed by atoms with E-state index >= 15 is 0 Å². The summed E-state index contributed by atoms with van der Waals surface area (Å²) in [6.07, 6.45) is 2.23. The van der Waals surface area contributed by atoms with E-state index in [9.17, 15) is 8.42 Å². The third-order valence-electron chi connectivity index (χ3n) is 6.34. The molecule has 0 saturated carbocycles. The van der Waals surface area contributed by atoms with E-state index in [4.69, 9.17) is 18.7 Å². The molecule has 5 rings (SSSR count). The van der Waals surface area contributed by atoms with E-state index in [2.05, 4.69) is 30.0 Å². The van der Waals surface area contributed by atoms with Gasteiger partial charge in [0.25, 0.3) is 0 Å². The smallest absolute Gasteiger partial charge is 0.243 e. The van der Waals surface area contributed by atoms with Crippen LogP contribution in [0.4, 0.5) is 5.95 Å². The Morgan fingerprint density at radius 3 is 2.27 bits per heavy atom. The predicted octanol–water partition coefficient (Wildman–Crippen LogP) is 3.71. The molecule has 0 amide bonds. The Morgan fingerprint density at radius 2 is 1.62 bits per heavy atom. The third kappa shape index (κ3) is 4.82. The number of rotatable bonds is 10. The second-order valence-corrected chi connectivity index (χ2v) is 10.9. The molecular formula is C26H27N7O6S. The number of benzene rings is 2. The summed E-state index contributed by atoms with van der Waals surface area (Å²) in [5, 5.41) is 12.2. The van der Waals surface area contributed by atoms with E-state index in [1.807, 2.05) is 25.1 Å². The van der Waals surface area contributed by atoms with Crippen LogP contribution in [0.5, 0.6) is 11.5 Å². The van der Waals surface area contributed by atoms with Crippen LogP contribution in [0.25, 0.3) is 28.2 Å². The average Bonchev–Trinajstić information content (AvgIpc) is 3.57. The number of methoxy groups -OCH3 is 3. The number of fused-ring (bicyclic) bond motifs is 1.